The van der Waals surface area contributed by atoms with Gasteiger partial charge in [-0.25, -0.2) is 8.42 Å². The summed E-state index contributed by atoms with van der Waals surface area (Å²) in [6.07, 6.45) is 2.28. The summed E-state index contributed by atoms with van der Waals surface area (Å²) in [6.45, 7) is 3.47. The quantitative estimate of drug-likeness (QED) is 0.541. The summed E-state index contributed by atoms with van der Waals surface area (Å²) < 4.78 is 32.1. The van der Waals surface area contributed by atoms with E-state index >= 15 is 0 Å². The maximum absolute atomic E-state index is 12.9. The van der Waals surface area contributed by atoms with E-state index < -0.39 is 10.0 Å². The second kappa shape index (κ2) is 10.8. The predicted molar refractivity (Wildman–Crippen MR) is 119 cm³/mol. The molecule has 1 aromatic heterocycles. The van der Waals surface area contributed by atoms with Crippen LogP contribution in [0, 0.1) is 11.8 Å². The van der Waals surface area contributed by atoms with Crippen molar-refractivity contribution in [1.82, 2.24) is 14.1 Å². The number of amides is 2. The van der Waals surface area contributed by atoms with Crippen LogP contribution in [-0.4, -0.2) is 86.7 Å². The molecule has 2 saturated heterocycles. The SMILES string of the molecule is CCOC(=O)C1CCCN(C(=O)CN(C)C(=O)C2CCN(S(=O)(=O)c3cccs3)CC2)C1. The summed E-state index contributed by atoms with van der Waals surface area (Å²) in [4.78, 5) is 40.7. The van der Waals surface area contributed by atoms with Gasteiger partial charge in [-0.2, -0.15) is 4.31 Å². The molecule has 3 heterocycles. The molecule has 0 aliphatic carbocycles. The molecule has 0 spiro atoms. The lowest BCUT2D eigenvalue weighted by molar-refractivity contribution is -0.152. The van der Waals surface area contributed by atoms with Crippen molar-refractivity contribution in [3.63, 3.8) is 0 Å². The molecular weight excluding hydrogens is 454 g/mol. The van der Waals surface area contributed by atoms with Gasteiger partial charge in [0.2, 0.25) is 11.8 Å². The lowest BCUT2D eigenvalue weighted by Gasteiger charge is -2.34. The van der Waals surface area contributed by atoms with Crippen molar-refractivity contribution in [2.75, 3.05) is 46.4 Å². The largest absolute Gasteiger partial charge is 0.466 e. The van der Waals surface area contributed by atoms with Crippen LogP contribution in [0.5, 0.6) is 0 Å². The first kappa shape index (κ1) is 24.7. The van der Waals surface area contributed by atoms with E-state index in [1.807, 2.05) is 0 Å². The zero-order chi connectivity index (χ0) is 23.3. The van der Waals surface area contributed by atoms with Crippen LogP contribution in [0.3, 0.4) is 0 Å². The van der Waals surface area contributed by atoms with Crippen molar-refractivity contribution in [3.05, 3.63) is 17.5 Å². The molecule has 1 atom stereocenters. The number of carbonyl (C=O) groups excluding carboxylic acids is 3. The van der Waals surface area contributed by atoms with Crippen molar-refractivity contribution in [3.8, 4) is 0 Å². The zero-order valence-electron chi connectivity index (χ0n) is 18.6. The number of piperidine rings is 2. The third-order valence-electron chi connectivity index (χ3n) is 6.04. The molecule has 2 amide bonds. The van der Waals surface area contributed by atoms with E-state index in [1.54, 1.807) is 36.4 Å². The Labute approximate surface area is 193 Å². The minimum Gasteiger partial charge on any atom is -0.466 e. The molecule has 3 rings (SSSR count). The van der Waals surface area contributed by atoms with E-state index in [-0.39, 0.29) is 49.3 Å². The average molecular weight is 486 g/mol. The third-order valence-corrected chi connectivity index (χ3v) is 9.31. The number of hydrogen-bond donors (Lipinski definition) is 0. The number of thiophene rings is 1. The van der Waals surface area contributed by atoms with Gasteiger partial charge in [0.15, 0.2) is 0 Å². The number of hydrogen-bond acceptors (Lipinski definition) is 7. The van der Waals surface area contributed by atoms with Crippen LogP contribution in [-0.2, 0) is 29.1 Å². The maximum Gasteiger partial charge on any atom is 0.310 e. The summed E-state index contributed by atoms with van der Waals surface area (Å²) >= 11 is 1.18. The Bertz CT molecular complexity index is 910. The summed E-state index contributed by atoms with van der Waals surface area (Å²) in [5.74, 6) is -1.24. The van der Waals surface area contributed by atoms with Gasteiger partial charge in [0.1, 0.15) is 4.21 Å². The fourth-order valence-corrected chi connectivity index (χ4v) is 6.84. The molecule has 0 N–H and O–H groups in total. The molecule has 2 aliphatic heterocycles. The van der Waals surface area contributed by atoms with Gasteiger partial charge in [0, 0.05) is 39.1 Å². The van der Waals surface area contributed by atoms with Gasteiger partial charge in [0.05, 0.1) is 19.1 Å². The number of carbonyl (C=O) groups is 3. The lowest BCUT2D eigenvalue weighted by Crippen LogP contribution is -2.49. The Hall–Kier alpha value is -1.98. The second-order valence-corrected chi connectivity index (χ2v) is 11.3. The standard InChI is InChI=1S/C21H31N3O6S2/c1-3-30-21(27)17-6-4-10-23(14-17)18(25)15-22(2)20(26)16-8-11-24(12-9-16)32(28,29)19-7-5-13-31-19/h5,7,13,16-17H,3-4,6,8-12,14-15H2,1-2H3. The number of sulfonamides is 1. The Morgan fingerprint density at radius 3 is 2.50 bits per heavy atom. The van der Waals surface area contributed by atoms with Crippen LogP contribution in [0.25, 0.3) is 0 Å². The van der Waals surface area contributed by atoms with Crippen molar-refractivity contribution < 1.29 is 27.5 Å². The van der Waals surface area contributed by atoms with E-state index in [0.717, 1.165) is 6.42 Å². The van der Waals surface area contributed by atoms with Gasteiger partial charge in [-0.05, 0) is 44.1 Å². The van der Waals surface area contributed by atoms with Gasteiger partial charge in [-0.3, -0.25) is 14.4 Å². The Balaban J connectivity index is 1.49. The fourth-order valence-electron chi connectivity index (χ4n) is 4.23. The number of likely N-dealkylation sites (tertiary alicyclic amines) is 1. The van der Waals surface area contributed by atoms with E-state index in [1.165, 1.54) is 20.5 Å². The molecular formula is C21H31N3O6S2. The molecule has 1 unspecified atom stereocenters. The maximum atomic E-state index is 12.9. The number of esters is 1. The summed E-state index contributed by atoms with van der Waals surface area (Å²) in [5.41, 5.74) is 0. The summed E-state index contributed by atoms with van der Waals surface area (Å²) in [6, 6.07) is 3.29. The highest BCUT2D eigenvalue weighted by atomic mass is 32.2. The molecule has 9 nitrogen and oxygen atoms in total. The predicted octanol–water partition coefficient (Wildman–Crippen LogP) is 1.41. The third kappa shape index (κ3) is 5.68. The van der Waals surface area contributed by atoms with Crippen LogP contribution in [0.1, 0.15) is 32.6 Å². The number of ether oxygens (including phenoxy) is 1. The van der Waals surface area contributed by atoms with E-state index in [0.29, 0.717) is 43.2 Å². The highest BCUT2D eigenvalue weighted by Crippen LogP contribution is 2.27. The molecule has 0 radical (unpaired) electrons. The molecule has 11 heteroatoms. The minimum absolute atomic E-state index is 0.0535. The zero-order valence-corrected chi connectivity index (χ0v) is 20.2. The summed E-state index contributed by atoms with van der Waals surface area (Å²) in [7, 11) is -1.91. The molecule has 1 aromatic rings. The molecule has 178 valence electrons. The lowest BCUT2D eigenvalue weighted by atomic mass is 9.96. The highest BCUT2D eigenvalue weighted by molar-refractivity contribution is 7.91. The molecule has 2 aliphatic rings. The first-order valence-electron chi connectivity index (χ1n) is 11.0. The fraction of sp³-hybridized carbons (Fsp3) is 0.667. The molecule has 0 aromatic carbocycles. The normalized spacial score (nSPS) is 20.7. The molecule has 0 bridgehead atoms. The van der Waals surface area contributed by atoms with E-state index in [4.69, 9.17) is 4.74 Å². The van der Waals surface area contributed by atoms with Gasteiger partial charge in [-0.1, -0.05) is 6.07 Å². The number of likely N-dealkylation sites (N-methyl/N-ethyl adjacent to an activating group) is 1. The van der Waals surface area contributed by atoms with Gasteiger partial charge >= 0.3 is 5.97 Å². The van der Waals surface area contributed by atoms with Crippen LogP contribution >= 0.6 is 11.3 Å². The first-order valence-corrected chi connectivity index (χ1v) is 13.3. The van der Waals surface area contributed by atoms with Crippen molar-refractivity contribution in [2.45, 2.75) is 36.8 Å². The van der Waals surface area contributed by atoms with Gasteiger partial charge < -0.3 is 14.5 Å². The van der Waals surface area contributed by atoms with Crippen LogP contribution in [0.2, 0.25) is 0 Å². The molecule has 2 fully saturated rings. The van der Waals surface area contributed by atoms with E-state index in [2.05, 4.69) is 0 Å². The Morgan fingerprint density at radius 1 is 1.16 bits per heavy atom. The van der Waals surface area contributed by atoms with Crippen LogP contribution in [0.15, 0.2) is 21.7 Å². The highest BCUT2D eigenvalue weighted by Gasteiger charge is 2.35. The van der Waals surface area contributed by atoms with Gasteiger partial charge in [-0.15, -0.1) is 11.3 Å². The monoisotopic (exact) mass is 485 g/mol. The Kier molecular flexibility index (Phi) is 8.29. The van der Waals surface area contributed by atoms with Crippen LogP contribution < -0.4 is 0 Å². The second-order valence-electron chi connectivity index (χ2n) is 8.24. The van der Waals surface area contributed by atoms with Crippen molar-refractivity contribution >= 4 is 39.1 Å². The molecule has 0 saturated carbocycles. The first-order chi connectivity index (χ1) is 15.2. The molecule has 32 heavy (non-hydrogen) atoms. The van der Waals surface area contributed by atoms with Crippen LogP contribution in [0.4, 0.5) is 0 Å². The number of rotatable bonds is 7. The smallest absolute Gasteiger partial charge is 0.310 e. The van der Waals surface area contributed by atoms with Gasteiger partial charge in [0.25, 0.3) is 10.0 Å². The number of nitrogens with zero attached hydrogens (tertiary/aromatic N) is 3. The van der Waals surface area contributed by atoms with Crippen molar-refractivity contribution in [2.24, 2.45) is 11.8 Å². The average Bonchev–Trinajstić information content (AvgIpc) is 3.35. The summed E-state index contributed by atoms with van der Waals surface area (Å²) in [5, 5.41) is 1.73. The topological polar surface area (TPSA) is 104 Å². The minimum atomic E-state index is -3.51. The van der Waals surface area contributed by atoms with E-state index in [9.17, 15) is 22.8 Å². The van der Waals surface area contributed by atoms with Crippen molar-refractivity contribution in [1.29, 1.82) is 0 Å². The Morgan fingerprint density at radius 2 is 1.88 bits per heavy atom.